The molecule has 0 atom stereocenters. The maximum Gasteiger partial charge on any atom is 0.338 e. The lowest BCUT2D eigenvalue weighted by atomic mass is 10.1. The Balaban J connectivity index is 2.24. The molecule has 0 aliphatic rings. The number of carbonyl (C=O) groups is 2. The number of halogens is 1. The van der Waals surface area contributed by atoms with Crippen molar-refractivity contribution in [2.24, 2.45) is 0 Å². The van der Waals surface area contributed by atoms with Gasteiger partial charge in [-0.1, -0.05) is 35.9 Å². The Labute approximate surface area is 125 Å². The van der Waals surface area contributed by atoms with Crippen LogP contribution in [0.4, 0.5) is 0 Å². The highest BCUT2D eigenvalue weighted by atomic mass is 35.5. The van der Waals surface area contributed by atoms with Gasteiger partial charge in [-0.25, -0.2) is 4.79 Å². The third-order valence-corrected chi connectivity index (χ3v) is 3.84. The molecule has 0 bridgehead atoms. The van der Waals surface area contributed by atoms with Gasteiger partial charge in [-0.05, 0) is 29.8 Å². The minimum atomic E-state index is -0.433. The molecule has 0 saturated heterocycles. The second kappa shape index (κ2) is 6.50. The second-order valence-corrected chi connectivity index (χ2v) is 5.60. The lowest BCUT2D eigenvalue weighted by molar-refractivity contribution is 0.0600. The molecule has 1 heterocycles. The van der Waals surface area contributed by atoms with Crippen LogP contribution in [-0.2, 0) is 4.74 Å². The van der Waals surface area contributed by atoms with Gasteiger partial charge in [-0.15, -0.1) is 11.3 Å². The molecular formula is C15H11ClO3S. The number of rotatable bonds is 4. The first-order valence-corrected chi connectivity index (χ1v) is 6.96. The van der Waals surface area contributed by atoms with Crippen LogP contribution in [0.1, 0.15) is 25.6 Å². The van der Waals surface area contributed by atoms with Gasteiger partial charge in [0, 0.05) is 0 Å². The topological polar surface area (TPSA) is 43.4 Å². The smallest absolute Gasteiger partial charge is 0.338 e. The fourth-order valence-electron chi connectivity index (χ4n) is 1.63. The normalized spacial score (nSPS) is 10.7. The number of ketones is 1. The van der Waals surface area contributed by atoms with E-state index >= 15 is 0 Å². The highest BCUT2D eigenvalue weighted by molar-refractivity contribution is 7.18. The third-order valence-electron chi connectivity index (χ3n) is 2.60. The van der Waals surface area contributed by atoms with Crippen molar-refractivity contribution in [2.75, 3.05) is 7.11 Å². The molecule has 0 spiro atoms. The van der Waals surface area contributed by atoms with Crippen LogP contribution >= 0.6 is 22.9 Å². The van der Waals surface area contributed by atoms with Crippen molar-refractivity contribution < 1.29 is 14.3 Å². The minimum absolute atomic E-state index is 0.151. The molecule has 0 fully saturated rings. The average Bonchev–Trinajstić information content (AvgIpc) is 2.91. The number of esters is 1. The van der Waals surface area contributed by atoms with Gasteiger partial charge in [0.05, 0.1) is 21.9 Å². The summed E-state index contributed by atoms with van der Waals surface area (Å²) in [4.78, 5) is 24.1. The predicted octanol–water partition coefficient (Wildman–Crippen LogP) is 4.08. The SMILES string of the molecule is COC(=O)c1ccccc1/C=C/C(=O)c1ccc(Cl)s1. The van der Waals surface area contributed by atoms with Crippen molar-refractivity contribution in [1.29, 1.82) is 0 Å². The van der Waals surface area contributed by atoms with Gasteiger partial charge in [-0.2, -0.15) is 0 Å². The molecule has 2 rings (SSSR count). The van der Waals surface area contributed by atoms with Crippen LogP contribution in [0, 0.1) is 0 Å². The van der Waals surface area contributed by atoms with Crippen molar-refractivity contribution in [2.45, 2.75) is 0 Å². The Bertz CT molecular complexity index is 673. The Hall–Kier alpha value is -1.91. The van der Waals surface area contributed by atoms with Crippen LogP contribution in [0.25, 0.3) is 6.08 Å². The summed E-state index contributed by atoms with van der Waals surface area (Å²) in [5, 5.41) is 0. The largest absolute Gasteiger partial charge is 0.465 e. The Morgan fingerprint density at radius 3 is 2.60 bits per heavy atom. The lowest BCUT2D eigenvalue weighted by Crippen LogP contribution is -2.03. The predicted molar refractivity (Wildman–Crippen MR) is 80.5 cm³/mol. The standard InChI is InChI=1S/C15H11ClO3S/c1-19-15(18)11-5-3-2-4-10(11)6-7-12(17)13-8-9-14(16)20-13/h2-9H,1H3/b7-6+. The molecule has 0 radical (unpaired) electrons. The van der Waals surface area contributed by atoms with Gasteiger partial charge in [0.25, 0.3) is 0 Å². The Morgan fingerprint density at radius 2 is 1.95 bits per heavy atom. The van der Waals surface area contributed by atoms with Crippen molar-refractivity contribution >= 4 is 40.8 Å². The zero-order valence-corrected chi connectivity index (χ0v) is 12.2. The van der Waals surface area contributed by atoms with E-state index in [1.807, 2.05) is 0 Å². The van der Waals surface area contributed by atoms with Gasteiger partial charge < -0.3 is 4.74 Å². The first kappa shape index (κ1) is 14.5. The zero-order chi connectivity index (χ0) is 14.5. The monoisotopic (exact) mass is 306 g/mol. The molecule has 0 amide bonds. The van der Waals surface area contributed by atoms with Gasteiger partial charge >= 0.3 is 5.97 Å². The van der Waals surface area contributed by atoms with Crippen molar-refractivity contribution in [3.63, 3.8) is 0 Å². The van der Waals surface area contributed by atoms with E-state index in [9.17, 15) is 9.59 Å². The second-order valence-electron chi connectivity index (χ2n) is 3.88. The van der Waals surface area contributed by atoms with Crippen LogP contribution in [0.15, 0.2) is 42.5 Å². The fraction of sp³-hybridized carbons (Fsp3) is 0.0667. The van der Waals surface area contributed by atoms with Gasteiger partial charge in [0.15, 0.2) is 5.78 Å². The van der Waals surface area contributed by atoms with Crippen LogP contribution < -0.4 is 0 Å². The van der Waals surface area contributed by atoms with Gasteiger partial charge in [0.2, 0.25) is 0 Å². The maximum absolute atomic E-state index is 11.9. The number of hydrogen-bond donors (Lipinski definition) is 0. The number of methoxy groups -OCH3 is 1. The maximum atomic E-state index is 11.9. The Kier molecular flexibility index (Phi) is 4.71. The Morgan fingerprint density at radius 1 is 1.20 bits per heavy atom. The first-order chi connectivity index (χ1) is 9.61. The molecule has 1 aromatic heterocycles. The number of carbonyl (C=O) groups excluding carboxylic acids is 2. The molecule has 0 aliphatic heterocycles. The summed E-state index contributed by atoms with van der Waals surface area (Å²) in [5.74, 6) is -0.585. The van der Waals surface area contributed by atoms with Crippen molar-refractivity contribution in [3.8, 4) is 0 Å². The summed E-state index contributed by atoms with van der Waals surface area (Å²) in [6.45, 7) is 0. The van der Waals surface area contributed by atoms with E-state index in [2.05, 4.69) is 0 Å². The summed E-state index contributed by atoms with van der Waals surface area (Å²) >= 11 is 7.01. The first-order valence-electron chi connectivity index (χ1n) is 5.77. The number of benzene rings is 1. The minimum Gasteiger partial charge on any atom is -0.465 e. The van der Waals surface area contributed by atoms with E-state index in [0.29, 0.717) is 20.3 Å². The van der Waals surface area contributed by atoms with Gasteiger partial charge in [-0.3, -0.25) is 4.79 Å². The molecule has 5 heteroatoms. The highest BCUT2D eigenvalue weighted by Crippen LogP contribution is 2.22. The summed E-state index contributed by atoms with van der Waals surface area (Å²) in [6.07, 6.45) is 3.02. The van der Waals surface area contributed by atoms with Gasteiger partial charge in [0.1, 0.15) is 0 Å². The number of thiophene rings is 1. The van der Waals surface area contributed by atoms with E-state index in [1.54, 1.807) is 42.5 Å². The van der Waals surface area contributed by atoms with Crippen LogP contribution in [-0.4, -0.2) is 18.9 Å². The summed E-state index contributed by atoms with van der Waals surface area (Å²) < 4.78 is 5.26. The number of allylic oxidation sites excluding steroid dienone is 1. The van der Waals surface area contributed by atoms with E-state index in [-0.39, 0.29) is 5.78 Å². The van der Waals surface area contributed by atoms with Crippen LogP contribution in [0.5, 0.6) is 0 Å². The molecule has 0 unspecified atom stereocenters. The molecule has 0 N–H and O–H groups in total. The van der Waals surface area contributed by atoms with Crippen molar-refractivity contribution in [3.05, 3.63) is 62.8 Å². The van der Waals surface area contributed by atoms with E-state index in [4.69, 9.17) is 16.3 Å². The molecule has 3 nitrogen and oxygen atoms in total. The summed E-state index contributed by atoms with van der Waals surface area (Å²) in [5.41, 5.74) is 1.05. The van der Waals surface area contributed by atoms with Crippen LogP contribution in [0.3, 0.4) is 0 Å². The molecular weight excluding hydrogens is 296 g/mol. The number of ether oxygens (including phenoxy) is 1. The summed E-state index contributed by atoms with van der Waals surface area (Å²) in [7, 11) is 1.32. The quantitative estimate of drug-likeness (QED) is 0.485. The van der Waals surface area contributed by atoms with E-state index < -0.39 is 5.97 Å². The molecule has 20 heavy (non-hydrogen) atoms. The third kappa shape index (κ3) is 3.35. The molecule has 2 aromatic rings. The van der Waals surface area contributed by atoms with Crippen molar-refractivity contribution in [1.82, 2.24) is 0 Å². The highest BCUT2D eigenvalue weighted by Gasteiger charge is 2.10. The fourth-order valence-corrected chi connectivity index (χ4v) is 2.60. The molecule has 0 aliphatic carbocycles. The van der Waals surface area contributed by atoms with E-state index in [0.717, 1.165) is 0 Å². The molecule has 0 saturated carbocycles. The average molecular weight is 307 g/mol. The molecule has 1 aromatic carbocycles. The summed E-state index contributed by atoms with van der Waals surface area (Å²) in [6, 6.07) is 10.3. The number of hydrogen-bond acceptors (Lipinski definition) is 4. The zero-order valence-electron chi connectivity index (χ0n) is 10.6. The van der Waals surface area contributed by atoms with Crippen LogP contribution in [0.2, 0.25) is 4.34 Å². The molecule has 102 valence electrons. The van der Waals surface area contributed by atoms with E-state index in [1.165, 1.54) is 24.5 Å². The lowest BCUT2D eigenvalue weighted by Gasteiger charge is -2.02.